The average molecular weight is 245 g/mol. The summed E-state index contributed by atoms with van der Waals surface area (Å²) in [5, 5.41) is 0. The van der Waals surface area contributed by atoms with Gasteiger partial charge in [0.15, 0.2) is 0 Å². The lowest BCUT2D eigenvalue weighted by Crippen LogP contribution is -1.97. The molecule has 0 aliphatic rings. The van der Waals surface area contributed by atoms with Gasteiger partial charge in [0.1, 0.15) is 18.1 Å². The van der Waals surface area contributed by atoms with Gasteiger partial charge in [-0.3, -0.25) is 0 Å². The third kappa shape index (κ3) is 4.02. The molecule has 1 aromatic carbocycles. The molecule has 0 radical (unpaired) electrons. The van der Waals surface area contributed by atoms with E-state index in [-0.39, 0.29) is 0 Å². The SMILES string of the molecule is NCc1ccc(COCCCc2ccccc2)o1. The minimum Gasteiger partial charge on any atom is -0.462 e. The van der Waals surface area contributed by atoms with Gasteiger partial charge in [0.25, 0.3) is 0 Å². The van der Waals surface area contributed by atoms with Gasteiger partial charge in [0.05, 0.1) is 6.54 Å². The summed E-state index contributed by atoms with van der Waals surface area (Å²) >= 11 is 0. The van der Waals surface area contributed by atoms with E-state index in [0.29, 0.717) is 13.2 Å². The first kappa shape index (κ1) is 12.9. The summed E-state index contributed by atoms with van der Waals surface area (Å²) in [6, 6.07) is 14.2. The van der Waals surface area contributed by atoms with E-state index in [1.807, 2.05) is 18.2 Å². The van der Waals surface area contributed by atoms with E-state index < -0.39 is 0 Å². The third-order valence-corrected chi connectivity index (χ3v) is 2.76. The summed E-state index contributed by atoms with van der Waals surface area (Å²) in [5.41, 5.74) is 6.82. The van der Waals surface area contributed by atoms with Crippen molar-refractivity contribution in [1.82, 2.24) is 0 Å². The fourth-order valence-electron chi connectivity index (χ4n) is 1.81. The van der Waals surface area contributed by atoms with Crippen molar-refractivity contribution in [2.45, 2.75) is 26.0 Å². The molecule has 0 saturated heterocycles. The van der Waals surface area contributed by atoms with Gasteiger partial charge in [-0.15, -0.1) is 0 Å². The molecule has 0 fully saturated rings. The van der Waals surface area contributed by atoms with Crippen LogP contribution in [0.15, 0.2) is 46.9 Å². The minimum atomic E-state index is 0.438. The van der Waals surface area contributed by atoms with Gasteiger partial charge in [-0.25, -0.2) is 0 Å². The standard InChI is InChI=1S/C15H19NO2/c16-11-14-8-9-15(18-14)12-17-10-4-7-13-5-2-1-3-6-13/h1-3,5-6,8-9H,4,7,10-12,16H2. The molecular formula is C15H19NO2. The molecule has 2 rings (SSSR count). The van der Waals surface area contributed by atoms with Crippen LogP contribution in [0.5, 0.6) is 0 Å². The first-order valence-corrected chi connectivity index (χ1v) is 6.28. The summed E-state index contributed by atoms with van der Waals surface area (Å²) in [6.07, 6.45) is 2.07. The zero-order chi connectivity index (χ0) is 12.6. The summed E-state index contributed by atoms with van der Waals surface area (Å²) < 4.78 is 11.0. The Morgan fingerprint density at radius 1 is 1.00 bits per heavy atom. The van der Waals surface area contributed by atoms with Crippen LogP contribution in [0.25, 0.3) is 0 Å². The maximum absolute atomic E-state index is 5.56. The van der Waals surface area contributed by atoms with Crippen molar-refractivity contribution >= 4 is 0 Å². The predicted octanol–water partition coefficient (Wildman–Crippen LogP) is 2.89. The quantitative estimate of drug-likeness (QED) is 0.763. The highest BCUT2D eigenvalue weighted by atomic mass is 16.5. The summed E-state index contributed by atoms with van der Waals surface area (Å²) in [7, 11) is 0. The fraction of sp³-hybridized carbons (Fsp3) is 0.333. The summed E-state index contributed by atoms with van der Waals surface area (Å²) in [5.74, 6) is 1.65. The summed E-state index contributed by atoms with van der Waals surface area (Å²) in [4.78, 5) is 0. The lowest BCUT2D eigenvalue weighted by molar-refractivity contribution is 0.103. The third-order valence-electron chi connectivity index (χ3n) is 2.76. The molecule has 2 aromatic rings. The number of hydrogen-bond donors (Lipinski definition) is 1. The van der Waals surface area contributed by atoms with Gasteiger partial charge in [-0.1, -0.05) is 30.3 Å². The van der Waals surface area contributed by atoms with Crippen molar-refractivity contribution in [3.63, 3.8) is 0 Å². The van der Waals surface area contributed by atoms with Crippen molar-refractivity contribution in [2.75, 3.05) is 6.61 Å². The first-order chi connectivity index (χ1) is 8.88. The number of furan rings is 1. The van der Waals surface area contributed by atoms with Crippen LogP contribution in [-0.4, -0.2) is 6.61 Å². The molecule has 0 spiro atoms. The van der Waals surface area contributed by atoms with Crippen molar-refractivity contribution in [3.8, 4) is 0 Å². The topological polar surface area (TPSA) is 48.4 Å². The van der Waals surface area contributed by atoms with E-state index >= 15 is 0 Å². The number of nitrogens with two attached hydrogens (primary N) is 1. The van der Waals surface area contributed by atoms with Crippen molar-refractivity contribution < 1.29 is 9.15 Å². The van der Waals surface area contributed by atoms with Crippen LogP contribution < -0.4 is 5.73 Å². The highest BCUT2D eigenvalue weighted by Gasteiger charge is 2.00. The normalized spacial score (nSPS) is 10.7. The lowest BCUT2D eigenvalue weighted by atomic mass is 10.1. The van der Waals surface area contributed by atoms with Crippen LogP contribution in [0.2, 0.25) is 0 Å². The average Bonchev–Trinajstić information content (AvgIpc) is 2.87. The Kier molecular flexibility index (Phi) is 5.00. The second-order valence-corrected chi connectivity index (χ2v) is 4.21. The molecule has 96 valence electrons. The fourth-order valence-corrected chi connectivity index (χ4v) is 1.81. The smallest absolute Gasteiger partial charge is 0.129 e. The summed E-state index contributed by atoms with van der Waals surface area (Å²) in [6.45, 7) is 1.70. The maximum Gasteiger partial charge on any atom is 0.129 e. The second kappa shape index (κ2) is 6.99. The van der Waals surface area contributed by atoms with Crippen LogP contribution in [0.3, 0.4) is 0 Å². The van der Waals surface area contributed by atoms with Crippen molar-refractivity contribution in [3.05, 3.63) is 59.5 Å². The van der Waals surface area contributed by atoms with Crippen molar-refractivity contribution in [1.29, 1.82) is 0 Å². The highest BCUT2D eigenvalue weighted by molar-refractivity contribution is 5.14. The number of hydrogen-bond acceptors (Lipinski definition) is 3. The minimum absolute atomic E-state index is 0.438. The van der Waals surface area contributed by atoms with Gasteiger partial charge < -0.3 is 14.9 Å². The number of benzene rings is 1. The predicted molar refractivity (Wildman–Crippen MR) is 71.0 cm³/mol. The zero-order valence-corrected chi connectivity index (χ0v) is 10.5. The van der Waals surface area contributed by atoms with E-state index in [1.165, 1.54) is 5.56 Å². The monoisotopic (exact) mass is 245 g/mol. The second-order valence-electron chi connectivity index (χ2n) is 4.21. The van der Waals surface area contributed by atoms with Crippen LogP contribution >= 0.6 is 0 Å². The molecular weight excluding hydrogens is 226 g/mol. The van der Waals surface area contributed by atoms with E-state index in [0.717, 1.165) is 31.0 Å². The molecule has 0 bridgehead atoms. The molecule has 0 atom stereocenters. The van der Waals surface area contributed by atoms with Crippen LogP contribution in [0.4, 0.5) is 0 Å². The Balaban J connectivity index is 1.61. The van der Waals surface area contributed by atoms with Crippen LogP contribution in [0, 0.1) is 0 Å². The number of rotatable bonds is 7. The van der Waals surface area contributed by atoms with Crippen LogP contribution in [-0.2, 0) is 24.3 Å². The van der Waals surface area contributed by atoms with Gasteiger partial charge >= 0.3 is 0 Å². The zero-order valence-electron chi connectivity index (χ0n) is 10.5. The van der Waals surface area contributed by atoms with E-state index in [9.17, 15) is 0 Å². The lowest BCUT2D eigenvalue weighted by Gasteiger charge is -2.02. The Bertz CT molecular complexity index is 451. The molecule has 0 unspecified atom stereocenters. The molecule has 18 heavy (non-hydrogen) atoms. The van der Waals surface area contributed by atoms with Gasteiger partial charge in [-0.05, 0) is 30.5 Å². The number of ether oxygens (including phenoxy) is 1. The molecule has 0 amide bonds. The molecule has 1 heterocycles. The van der Waals surface area contributed by atoms with Gasteiger partial charge in [-0.2, -0.15) is 0 Å². The van der Waals surface area contributed by atoms with Gasteiger partial charge in [0.2, 0.25) is 0 Å². The highest BCUT2D eigenvalue weighted by Crippen LogP contribution is 2.09. The molecule has 3 heteroatoms. The molecule has 0 aliphatic heterocycles. The number of aryl methyl sites for hydroxylation is 1. The largest absolute Gasteiger partial charge is 0.462 e. The molecule has 3 nitrogen and oxygen atoms in total. The maximum atomic E-state index is 5.56. The molecule has 2 N–H and O–H groups in total. The Hall–Kier alpha value is -1.58. The van der Waals surface area contributed by atoms with Gasteiger partial charge in [0, 0.05) is 6.61 Å². The molecule has 0 saturated carbocycles. The molecule has 1 aromatic heterocycles. The molecule has 0 aliphatic carbocycles. The van der Waals surface area contributed by atoms with Crippen LogP contribution in [0.1, 0.15) is 23.5 Å². The van der Waals surface area contributed by atoms with E-state index in [1.54, 1.807) is 0 Å². The van der Waals surface area contributed by atoms with Crippen molar-refractivity contribution in [2.24, 2.45) is 5.73 Å². The van der Waals surface area contributed by atoms with E-state index in [2.05, 4.69) is 24.3 Å². The first-order valence-electron chi connectivity index (χ1n) is 6.28. The Labute approximate surface area is 108 Å². The Morgan fingerprint density at radius 3 is 2.50 bits per heavy atom. The van der Waals surface area contributed by atoms with E-state index in [4.69, 9.17) is 14.9 Å². The Morgan fingerprint density at radius 2 is 1.78 bits per heavy atom.